The van der Waals surface area contributed by atoms with Gasteiger partial charge in [0.05, 0.1) is 12.1 Å². The molecule has 4 unspecified atom stereocenters. The number of nitrogens with one attached hydrogen (secondary N) is 7. The number of hydrogen-bond donors (Lipinski definition) is 7. The Kier molecular flexibility index (Phi) is 25.4. The van der Waals surface area contributed by atoms with E-state index >= 15 is 0 Å². The number of unbranched alkanes of at least 4 members (excludes halogenated alkanes) is 4. The van der Waals surface area contributed by atoms with E-state index in [0.29, 0.717) is 64.4 Å². The highest BCUT2D eigenvalue weighted by Gasteiger charge is 2.30. The molecular weight excluding hydrogens is 731 g/mol. The number of hydrogen-bond acceptors (Lipinski definition) is 8. The summed E-state index contributed by atoms with van der Waals surface area (Å²) in [5.41, 5.74) is -0.744. The lowest BCUT2D eigenvalue weighted by Crippen LogP contribution is -2.51. The Morgan fingerprint density at radius 1 is 0.483 bits per heavy atom. The SMILES string of the molecule is CC(C)(C)CC(CCCCNC(C)(C)C)C(=O)NC(CCCCNC(=O)C(CCCCNC(C)(C)C)NC(C)(C)C)C(=O)NCCCCC(NC=O)C(=O)C(C)(C)C. The minimum atomic E-state index is -0.711. The van der Waals surface area contributed by atoms with Gasteiger partial charge in [-0.2, -0.15) is 0 Å². The van der Waals surface area contributed by atoms with Crippen LogP contribution in [0, 0.1) is 16.7 Å². The van der Waals surface area contributed by atoms with E-state index in [1.807, 2.05) is 20.8 Å². The minimum Gasteiger partial charge on any atom is -0.355 e. The summed E-state index contributed by atoms with van der Waals surface area (Å²) in [6, 6.07) is -1.58. The monoisotopic (exact) mass is 822 g/mol. The second kappa shape index (κ2) is 26.6. The molecule has 0 spiro atoms. The van der Waals surface area contributed by atoms with Crippen molar-refractivity contribution in [1.29, 1.82) is 0 Å². The van der Waals surface area contributed by atoms with Gasteiger partial charge in [0, 0.05) is 41.0 Å². The fraction of sp³-hybridized carbons (Fsp3) is 0.891. The second-order valence-electron chi connectivity index (χ2n) is 21.8. The molecule has 7 N–H and O–H groups in total. The zero-order valence-corrected chi connectivity index (χ0v) is 39.9. The Morgan fingerprint density at radius 3 is 1.31 bits per heavy atom. The first-order valence-electron chi connectivity index (χ1n) is 22.4. The molecule has 0 aromatic carbocycles. The van der Waals surface area contributed by atoms with Crippen LogP contribution in [0.5, 0.6) is 0 Å². The minimum absolute atomic E-state index is 0.0150. The largest absolute Gasteiger partial charge is 0.355 e. The molecule has 0 aliphatic carbocycles. The quantitative estimate of drug-likeness (QED) is 0.0323. The molecule has 0 heterocycles. The van der Waals surface area contributed by atoms with Gasteiger partial charge in [0.15, 0.2) is 5.78 Å². The summed E-state index contributed by atoms with van der Waals surface area (Å²) < 4.78 is 0. The molecule has 0 aliphatic rings. The number of carbonyl (C=O) groups excluding carboxylic acids is 5. The average molecular weight is 822 g/mol. The Labute approximate surface area is 355 Å². The maximum atomic E-state index is 13.9. The molecule has 4 atom stereocenters. The van der Waals surface area contributed by atoms with Crippen molar-refractivity contribution >= 4 is 29.9 Å². The molecule has 0 saturated heterocycles. The Morgan fingerprint density at radius 2 is 0.897 bits per heavy atom. The van der Waals surface area contributed by atoms with E-state index in [1.165, 1.54) is 0 Å². The number of rotatable bonds is 29. The predicted molar refractivity (Wildman–Crippen MR) is 241 cm³/mol. The summed E-state index contributed by atoms with van der Waals surface area (Å²) in [6.07, 6.45) is 10.1. The van der Waals surface area contributed by atoms with Gasteiger partial charge in [-0.3, -0.25) is 24.0 Å². The van der Waals surface area contributed by atoms with Crippen molar-refractivity contribution in [2.24, 2.45) is 16.7 Å². The van der Waals surface area contributed by atoms with Crippen molar-refractivity contribution in [2.75, 3.05) is 26.2 Å². The molecule has 0 saturated carbocycles. The van der Waals surface area contributed by atoms with Crippen molar-refractivity contribution in [3.8, 4) is 0 Å². The zero-order chi connectivity index (χ0) is 44.8. The zero-order valence-electron chi connectivity index (χ0n) is 39.9. The normalized spacial score (nSPS) is 14.9. The third kappa shape index (κ3) is 29.6. The molecule has 58 heavy (non-hydrogen) atoms. The highest BCUT2D eigenvalue weighted by Crippen LogP contribution is 2.28. The van der Waals surface area contributed by atoms with E-state index in [0.717, 1.165) is 51.6 Å². The first kappa shape index (κ1) is 55.4. The Hall–Kier alpha value is -2.57. The topological polar surface area (TPSA) is 170 Å². The predicted octanol–water partition coefficient (Wildman–Crippen LogP) is 6.70. The lowest BCUT2D eigenvalue weighted by Gasteiger charge is -2.28. The van der Waals surface area contributed by atoms with E-state index in [-0.39, 0.29) is 57.5 Å². The molecule has 12 nitrogen and oxygen atoms in total. The van der Waals surface area contributed by atoms with Crippen molar-refractivity contribution < 1.29 is 24.0 Å². The van der Waals surface area contributed by atoms with Gasteiger partial charge in [-0.05, 0) is 151 Å². The van der Waals surface area contributed by atoms with Crippen LogP contribution in [0.4, 0.5) is 0 Å². The molecule has 0 fully saturated rings. The molecule has 0 bridgehead atoms. The summed E-state index contributed by atoms with van der Waals surface area (Å²) >= 11 is 0. The molecule has 0 rings (SSSR count). The summed E-state index contributed by atoms with van der Waals surface area (Å²) in [5, 5.41) is 22.5. The fourth-order valence-electron chi connectivity index (χ4n) is 6.84. The molecule has 0 aliphatic heterocycles. The second-order valence-corrected chi connectivity index (χ2v) is 21.8. The first-order chi connectivity index (χ1) is 26.5. The van der Waals surface area contributed by atoms with Gasteiger partial charge >= 0.3 is 0 Å². The molecule has 0 aromatic rings. The summed E-state index contributed by atoms with van der Waals surface area (Å²) in [4.78, 5) is 64.9. The number of Topliss-reactive ketones (excluding diaryl/α,β-unsaturated/α-hetero) is 1. The van der Waals surface area contributed by atoms with Gasteiger partial charge in [0.25, 0.3) is 0 Å². The lowest BCUT2D eigenvalue weighted by molar-refractivity contribution is -0.132. The van der Waals surface area contributed by atoms with E-state index in [1.54, 1.807) is 0 Å². The summed E-state index contributed by atoms with van der Waals surface area (Å²) in [6.45, 7) is 33.7. The Balaban J connectivity index is 5.61. The van der Waals surface area contributed by atoms with Crippen LogP contribution in [0.2, 0.25) is 0 Å². The highest BCUT2D eigenvalue weighted by molar-refractivity contribution is 5.90. The molecule has 0 aromatic heterocycles. The number of amides is 4. The van der Waals surface area contributed by atoms with Gasteiger partial charge in [-0.15, -0.1) is 0 Å². The van der Waals surface area contributed by atoms with E-state index in [4.69, 9.17) is 0 Å². The first-order valence-corrected chi connectivity index (χ1v) is 22.4. The van der Waals surface area contributed by atoms with E-state index < -0.39 is 17.5 Å². The van der Waals surface area contributed by atoms with Gasteiger partial charge in [0.2, 0.25) is 24.1 Å². The molecule has 12 heteroatoms. The highest BCUT2D eigenvalue weighted by atomic mass is 16.2. The third-order valence-corrected chi connectivity index (χ3v) is 9.76. The van der Waals surface area contributed by atoms with Gasteiger partial charge in [-0.25, -0.2) is 0 Å². The number of ketones is 1. The van der Waals surface area contributed by atoms with Crippen LogP contribution >= 0.6 is 0 Å². The van der Waals surface area contributed by atoms with Crippen LogP contribution in [0.15, 0.2) is 0 Å². The van der Waals surface area contributed by atoms with Crippen LogP contribution < -0.4 is 37.2 Å². The van der Waals surface area contributed by atoms with E-state index in [2.05, 4.69) is 120 Å². The summed E-state index contributed by atoms with van der Waals surface area (Å²) in [7, 11) is 0. The number of carbonyl (C=O) groups is 5. The van der Waals surface area contributed by atoms with Crippen molar-refractivity contribution in [3.05, 3.63) is 0 Å². The maximum Gasteiger partial charge on any atom is 0.242 e. The summed E-state index contributed by atoms with van der Waals surface area (Å²) in [5.74, 6) is -0.584. The van der Waals surface area contributed by atoms with Gasteiger partial charge in [-0.1, -0.05) is 54.4 Å². The smallest absolute Gasteiger partial charge is 0.242 e. The molecule has 0 radical (unpaired) electrons. The van der Waals surface area contributed by atoms with Crippen LogP contribution in [0.25, 0.3) is 0 Å². The van der Waals surface area contributed by atoms with Crippen LogP contribution in [-0.2, 0) is 24.0 Å². The third-order valence-electron chi connectivity index (χ3n) is 9.76. The average Bonchev–Trinajstić information content (AvgIpc) is 3.05. The standard InChI is InChI=1S/C46H91N7O5/c1-42(2,3)32-34(24-16-22-30-50-44(7,8)9)39(56)52-36(40(57)47-28-20-17-25-35(49-33-54)38(55)43(4,5)6)26-18-21-29-48-41(58)37(53-46(13,14)15)27-19-23-31-51-45(10,11)12/h33-37,50-51,53H,16-32H2,1-15H3,(H,47,57)(H,48,58)(H,49,54)(H,52,56). The maximum absolute atomic E-state index is 13.9. The van der Waals surface area contributed by atoms with Crippen molar-refractivity contribution in [1.82, 2.24) is 37.2 Å². The van der Waals surface area contributed by atoms with Gasteiger partial charge < -0.3 is 37.2 Å². The lowest BCUT2D eigenvalue weighted by atomic mass is 9.82. The molecule has 340 valence electrons. The Bertz CT molecular complexity index is 1210. The van der Waals surface area contributed by atoms with Crippen LogP contribution in [0.1, 0.15) is 187 Å². The van der Waals surface area contributed by atoms with E-state index in [9.17, 15) is 24.0 Å². The van der Waals surface area contributed by atoms with Crippen molar-refractivity contribution in [3.63, 3.8) is 0 Å². The van der Waals surface area contributed by atoms with Gasteiger partial charge in [0.1, 0.15) is 6.04 Å². The fourth-order valence-corrected chi connectivity index (χ4v) is 6.84. The van der Waals surface area contributed by atoms with Crippen LogP contribution in [0.3, 0.4) is 0 Å². The molecule has 4 amide bonds. The molecular formula is C46H91N7O5. The van der Waals surface area contributed by atoms with Crippen molar-refractivity contribution in [2.45, 2.75) is 222 Å². The van der Waals surface area contributed by atoms with Crippen LogP contribution in [-0.4, -0.2) is 90.8 Å².